The molecular weight excluding hydrogens is 178 g/mol. The van der Waals surface area contributed by atoms with Crippen LogP contribution in [-0.4, -0.2) is 0 Å². The van der Waals surface area contributed by atoms with Crippen LogP contribution >= 0.6 is 12.6 Å². The summed E-state index contributed by atoms with van der Waals surface area (Å²) < 4.78 is 2.22. The quantitative estimate of drug-likeness (QED) is 0.419. The van der Waals surface area contributed by atoms with Gasteiger partial charge in [0.2, 0.25) is 0 Å². The lowest BCUT2D eigenvalue weighted by Gasteiger charge is -1.96. The predicted octanol–water partition coefficient (Wildman–Crippen LogP) is 2.84. The highest BCUT2D eigenvalue weighted by atomic mass is 32.1. The minimum absolute atomic E-state index is 1.03. The predicted molar refractivity (Wildman–Crippen MR) is 58.0 cm³/mol. The molecule has 1 aromatic heterocycles. The molecule has 2 heteroatoms. The molecule has 1 nitrogen and oxygen atoms in total. The van der Waals surface area contributed by atoms with Crippen LogP contribution in [0.1, 0.15) is 32.6 Å². The molecule has 1 rings (SSSR count). The molecule has 0 amide bonds. The summed E-state index contributed by atoms with van der Waals surface area (Å²) in [5.41, 5.74) is 0. The highest BCUT2D eigenvalue weighted by Crippen LogP contribution is 2.01. The lowest BCUT2D eigenvalue weighted by Crippen LogP contribution is -2.32. The summed E-state index contributed by atoms with van der Waals surface area (Å²) in [6, 6.07) is 4.06. The van der Waals surface area contributed by atoms with Crippen molar-refractivity contribution in [3.8, 4) is 0 Å². The third-order valence-corrected chi connectivity index (χ3v) is 2.44. The van der Waals surface area contributed by atoms with Crippen molar-refractivity contribution in [2.75, 3.05) is 0 Å². The van der Waals surface area contributed by atoms with Gasteiger partial charge >= 0.3 is 0 Å². The Kier molecular flexibility index (Phi) is 4.91. The SMILES string of the molecule is CCCCCC[n+]1ccc(S)cc1. The van der Waals surface area contributed by atoms with Gasteiger partial charge in [-0.25, -0.2) is 4.57 Å². The van der Waals surface area contributed by atoms with Gasteiger partial charge in [0, 0.05) is 23.4 Å². The van der Waals surface area contributed by atoms with E-state index in [0.29, 0.717) is 0 Å². The number of rotatable bonds is 5. The van der Waals surface area contributed by atoms with Gasteiger partial charge in [-0.1, -0.05) is 19.8 Å². The van der Waals surface area contributed by atoms with Gasteiger partial charge in [-0.2, -0.15) is 0 Å². The molecule has 0 aromatic carbocycles. The van der Waals surface area contributed by atoms with Crippen molar-refractivity contribution in [1.29, 1.82) is 0 Å². The maximum Gasteiger partial charge on any atom is 0.169 e. The molecule has 0 spiro atoms. The van der Waals surface area contributed by atoms with Crippen LogP contribution < -0.4 is 4.57 Å². The van der Waals surface area contributed by atoms with Crippen molar-refractivity contribution in [1.82, 2.24) is 0 Å². The Hall–Kier alpha value is -0.500. The fraction of sp³-hybridized carbons (Fsp3) is 0.545. The number of nitrogens with zero attached hydrogens (tertiary/aromatic N) is 1. The number of hydrogen-bond acceptors (Lipinski definition) is 1. The normalized spacial score (nSPS) is 10.3. The standard InChI is InChI=1S/C11H17NS/c1-2-3-4-5-8-12-9-6-11(13)7-10-12/h6-7,9-10H,2-5,8H2,1H3/p+1. The second-order valence-corrected chi connectivity index (χ2v) is 3.87. The van der Waals surface area contributed by atoms with Crippen molar-refractivity contribution >= 4 is 12.6 Å². The van der Waals surface area contributed by atoms with Gasteiger partial charge in [-0.15, -0.1) is 12.6 Å². The van der Waals surface area contributed by atoms with E-state index in [2.05, 4.69) is 36.5 Å². The Morgan fingerprint density at radius 3 is 2.46 bits per heavy atom. The Bertz CT molecular complexity index is 230. The lowest BCUT2D eigenvalue weighted by molar-refractivity contribution is -0.697. The molecule has 0 atom stereocenters. The second kappa shape index (κ2) is 6.03. The number of pyridine rings is 1. The topological polar surface area (TPSA) is 3.88 Å². The van der Waals surface area contributed by atoms with Gasteiger partial charge in [0.1, 0.15) is 6.54 Å². The zero-order valence-electron chi connectivity index (χ0n) is 8.24. The van der Waals surface area contributed by atoms with Crippen molar-refractivity contribution in [3.05, 3.63) is 24.5 Å². The first-order valence-corrected chi connectivity index (χ1v) is 5.45. The van der Waals surface area contributed by atoms with E-state index in [1.807, 2.05) is 12.1 Å². The van der Waals surface area contributed by atoms with Crippen LogP contribution in [0.5, 0.6) is 0 Å². The van der Waals surface area contributed by atoms with Crippen LogP contribution in [0.3, 0.4) is 0 Å². The first kappa shape index (κ1) is 10.6. The molecule has 0 aliphatic heterocycles. The third kappa shape index (κ3) is 4.32. The van der Waals surface area contributed by atoms with E-state index < -0.39 is 0 Å². The molecule has 0 unspecified atom stereocenters. The molecule has 0 radical (unpaired) electrons. The number of aryl methyl sites for hydroxylation is 1. The number of hydrogen-bond donors (Lipinski definition) is 1. The largest absolute Gasteiger partial charge is 0.205 e. The molecular formula is C11H18NS+. The number of aromatic nitrogens is 1. The fourth-order valence-electron chi connectivity index (χ4n) is 1.32. The molecule has 0 bridgehead atoms. The molecule has 0 N–H and O–H groups in total. The van der Waals surface area contributed by atoms with E-state index in [1.54, 1.807) is 0 Å². The second-order valence-electron chi connectivity index (χ2n) is 3.35. The van der Waals surface area contributed by atoms with Crippen LogP contribution in [0.2, 0.25) is 0 Å². The molecule has 1 aromatic rings. The van der Waals surface area contributed by atoms with E-state index in [-0.39, 0.29) is 0 Å². The summed E-state index contributed by atoms with van der Waals surface area (Å²) >= 11 is 4.24. The van der Waals surface area contributed by atoms with Crippen LogP contribution in [0.25, 0.3) is 0 Å². The van der Waals surface area contributed by atoms with E-state index in [0.717, 1.165) is 11.4 Å². The molecule has 1 heterocycles. The maximum atomic E-state index is 4.24. The molecule has 0 saturated carbocycles. The van der Waals surface area contributed by atoms with Crippen molar-refractivity contribution < 1.29 is 4.57 Å². The van der Waals surface area contributed by atoms with Crippen LogP contribution in [0.15, 0.2) is 29.4 Å². The third-order valence-electron chi connectivity index (χ3n) is 2.14. The monoisotopic (exact) mass is 196 g/mol. The summed E-state index contributed by atoms with van der Waals surface area (Å²) in [7, 11) is 0. The van der Waals surface area contributed by atoms with Crippen LogP contribution in [0, 0.1) is 0 Å². The van der Waals surface area contributed by atoms with Gasteiger partial charge in [0.25, 0.3) is 0 Å². The molecule has 0 aliphatic carbocycles. The minimum atomic E-state index is 1.03. The van der Waals surface area contributed by atoms with E-state index in [1.165, 1.54) is 25.7 Å². The van der Waals surface area contributed by atoms with Crippen molar-refractivity contribution in [2.24, 2.45) is 0 Å². The fourth-order valence-corrected chi connectivity index (χ4v) is 1.45. The van der Waals surface area contributed by atoms with Crippen LogP contribution in [-0.2, 0) is 6.54 Å². The Balaban J connectivity index is 2.25. The average molecular weight is 196 g/mol. The summed E-state index contributed by atoms with van der Waals surface area (Å²) in [4.78, 5) is 1.03. The molecule has 0 aliphatic rings. The zero-order valence-corrected chi connectivity index (χ0v) is 9.13. The molecule has 72 valence electrons. The minimum Gasteiger partial charge on any atom is -0.205 e. The Labute approximate surface area is 86.2 Å². The summed E-state index contributed by atoms with van der Waals surface area (Å²) in [6.45, 7) is 3.37. The van der Waals surface area contributed by atoms with Gasteiger partial charge in [0.15, 0.2) is 12.4 Å². The van der Waals surface area contributed by atoms with E-state index in [4.69, 9.17) is 0 Å². The number of unbranched alkanes of at least 4 members (excludes halogenated alkanes) is 3. The maximum absolute atomic E-state index is 4.24. The van der Waals surface area contributed by atoms with Gasteiger partial charge < -0.3 is 0 Å². The highest BCUT2D eigenvalue weighted by molar-refractivity contribution is 7.80. The van der Waals surface area contributed by atoms with Crippen molar-refractivity contribution in [3.63, 3.8) is 0 Å². The van der Waals surface area contributed by atoms with Gasteiger partial charge in [-0.05, 0) is 6.42 Å². The first-order chi connectivity index (χ1) is 6.33. The first-order valence-electron chi connectivity index (χ1n) is 5.01. The van der Waals surface area contributed by atoms with Gasteiger partial charge in [0.05, 0.1) is 0 Å². The van der Waals surface area contributed by atoms with Crippen LogP contribution in [0.4, 0.5) is 0 Å². The molecule has 0 saturated heterocycles. The Morgan fingerprint density at radius 2 is 1.85 bits per heavy atom. The average Bonchev–Trinajstić information content (AvgIpc) is 2.15. The van der Waals surface area contributed by atoms with Crippen molar-refractivity contribution in [2.45, 2.75) is 44.0 Å². The highest BCUT2D eigenvalue weighted by Gasteiger charge is 1.98. The lowest BCUT2D eigenvalue weighted by atomic mass is 10.2. The van der Waals surface area contributed by atoms with E-state index >= 15 is 0 Å². The smallest absolute Gasteiger partial charge is 0.169 e. The van der Waals surface area contributed by atoms with E-state index in [9.17, 15) is 0 Å². The molecule has 13 heavy (non-hydrogen) atoms. The summed E-state index contributed by atoms with van der Waals surface area (Å²) in [5.74, 6) is 0. The number of thiol groups is 1. The molecule has 0 fully saturated rings. The summed E-state index contributed by atoms with van der Waals surface area (Å²) in [5, 5.41) is 0. The Morgan fingerprint density at radius 1 is 1.15 bits per heavy atom. The summed E-state index contributed by atoms with van der Waals surface area (Å²) in [6.07, 6.45) is 9.46. The zero-order chi connectivity index (χ0) is 9.52. The van der Waals surface area contributed by atoms with Gasteiger partial charge in [-0.3, -0.25) is 0 Å².